The van der Waals surface area contributed by atoms with E-state index in [-0.39, 0.29) is 50.2 Å². The third-order valence-corrected chi connectivity index (χ3v) is 5.47. The van der Waals surface area contributed by atoms with Gasteiger partial charge >= 0.3 is 0 Å². The Kier molecular flexibility index (Phi) is 5.30. The van der Waals surface area contributed by atoms with Gasteiger partial charge in [0, 0.05) is 31.0 Å². The number of fused-ring (bicyclic) bond motifs is 3. The molecule has 0 fully saturated rings. The zero-order valence-electron chi connectivity index (χ0n) is 16.9. The zero-order chi connectivity index (χ0) is 22.3. The summed E-state index contributed by atoms with van der Waals surface area (Å²) in [6, 6.07) is 6.30. The minimum Gasteiger partial charge on any atom is -0.397 e. The summed E-state index contributed by atoms with van der Waals surface area (Å²) in [6.07, 6.45) is 0.401. The summed E-state index contributed by atoms with van der Waals surface area (Å²) in [4.78, 5) is 52.1. The third-order valence-electron chi connectivity index (χ3n) is 5.47. The molecule has 0 saturated carbocycles. The van der Waals surface area contributed by atoms with E-state index in [0.717, 1.165) is 4.57 Å². The summed E-state index contributed by atoms with van der Waals surface area (Å²) in [5.41, 5.74) is 9.73. The Labute approximate surface area is 175 Å². The number of hydrogen-bond acceptors (Lipinski definition) is 8. The van der Waals surface area contributed by atoms with Gasteiger partial charge in [0.2, 0.25) is 0 Å². The fourth-order valence-corrected chi connectivity index (χ4v) is 3.99. The maximum Gasteiger partial charge on any atom is 0.263 e. The lowest BCUT2D eigenvalue weighted by atomic mass is 9.97. The molecule has 0 radical (unpaired) electrons. The highest BCUT2D eigenvalue weighted by atomic mass is 16.5. The number of anilines is 2. The topological polar surface area (TPSA) is 144 Å². The van der Waals surface area contributed by atoms with Crippen LogP contribution in [-0.2, 0) is 16.0 Å². The van der Waals surface area contributed by atoms with Crippen LogP contribution in [-0.4, -0.2) is 31.5 Å². The Hall–Kier alpha value is -3.56. The molecule has 0 amide bonds. The third kappa shape index (κ3) is 3.09. The summed E-state index contributed by atoms with van der Waals surface area (Å²) < 4.78 is 11.3. The van der Waals surface area contributed by atoms with E-state index in [2.05, 4.69) is 0 Å². The van der Waals surface area contributed by atoms with E-state index in [1.54, 1.807) is 19.2 Å². The highest BCUT2D eigenvalue weighted by Gasteiger charge is 2.25. The molecule has 0 aliphatic rings. The second-order valence-corrected chi connectivity index (χ2v) is 7.25. The van der Waals surface area contributed by atoms with Gasteiger partial charge in [0.25, 0.3) is 11.1 Å². The molecule has 31 heavy (non-hydrogen) atoms. The van der Waals surface area contributed by atoms with Crippen LogP contribution in [0.25, 0.3) is 32.3 Å². The lowest BCUT2D eigenvalue weighted by Crippen LogP contribution is -2.26. The Morgan fingerprint density at radius 1 is 0.774 bits per heavy atom. The van der Waals surface area contributed by atoms with Crippen LogP contribution < -0.4 is 33.4 Å². The summed E-state index contributed by atoms with van der Waals surface area (Å²) >= 11 is 0. The number of methoxy groups -OCH3 is 1. The maximum atomic E-state index is 13.1. The number of hydrogen-bond donors (Lipinski definition) is 2. The second kappa shape index (κ2) is 7.93. The van der Waals surface area contributed by atoms with Gasteiger partial charge in [-0.15, -0.1) is 0 Å². The highest BCUT2D eigenvalue weighted by Crippen LogP contribution is 2.31. The van der Waals surface area contributed by atoms with Crippen LogP contribution >= 0.6 is 0 Å². The molecule has 0 bridgehead atoms. The predicted molar refractivity (Wildman–Crippen MR) is 121 cm³/mol. The van der Waals surface area contributed by atoms with Crippen LogP contribution in [0.5, 0.6) is 0 Å². The van der Waals surface area contributed by atoms with Crippen molar-refractivity contribution < 1.29 is 9.47 Å². The minimum absolute atomic E-state index is 0.0883. The van der Waals surface area contributed by atoms with E-state index in [1.807, 2.05) is 0 Å². The molecule has 0 aliphatic heterocycles. The van der Waals surface area contributed by atoms with Gasteiger partial charge in [0.05, 0.1) is 46.1 Å². The second-order valence-electron chi connectivity index (χ2n) is 7.25. The van der Waals surface area contributed by atoms with Crippen molar-refractivity contribution in [2.45, 2.75) is 13.0 Å². The van der Waals surface area contributed by atoms with E-state index in [4.69, 9.17) is 20.9 Å². The van der Waals surface area contributed by atoms with Gasteiger partial charge < -0.3 is 20.9 Å². The summed E-state index contributed by atoms with van der Waals surface area (Å²) in [7, 11) is 1.56. The van der Waals surface area contributed by atoms with Crippen LogP contribution in [0.4, 0.5) is 11.4 Å². The molecule has 1 heterocycles. The van der Waals surface area contributed by atoms with E-state index in [1.165, 1.54) is 12.1 Å². The molecular formula is C22H21N3O6. The van der Waals surface area contributed by atoms with Gasteiger partial charge in [-0.2, -0.15) is 0 Å². The first-order valence-electron chi connectivity index (χ1n) is 9.76. The first kappa shape index (κ1) is 20.7. The normalized spacial score (nSPS) is 11.8. The summed E-state index contributed by atoms with van der Waals surface area (Å²) in [5, 5.41) is -0.110. The molecule has 0 atom stereocenters. The number of aromatic nitrogens is 1. The van der Waals surface area contributed by atoms with Gasteiger partial charge in [-0.3, -0.25) is 23.7 Å². The quantitative estimate of drug-likeness (QED) is 0.189. The fourth-order valence-electron chi connectivity index (χ4n) is 3.99. The van der Waals surface area contributed by atoms with Crippen LogP contribution in [0.1, 0.15) is 6.42 Å². The van der Waals surface area contributed by atoms with Crippen LogP contribution in [0.2, 0.25) is 0 Å². The Balaban J connectivity index is 1.95. The Morgan fingerprint density at radius 2 is 1.29 bits per heavy atom. The van der Waals surface area contributed by atoms with Gasteiger partial charge in [0.1, 0.15) is 0 Å². The van der Waals surface area contributed by atoms with Crippen molar-refractivity contribution in [3.8, 4) is 0 Å². The number of nitrogens with zero attached hydrogens (tertiary/aromatic N) is 1. The molecule has 9 heteroatoms. The molecule has 3 aromatic carbocycles. The first-order valence-corrected chi connectivity index (χ1v) is 9.76. The van der Waals surface area contributed by atoms with E-state index in [9.17, 15) is 19.2 Å². The fraction of sp³-hybridized carbons (Fsp3) is 0.273. The number of nitrogen functional groups attached to an aromatic ring is 2. The first-order chi connectivity index (χ1) is 14.9. The van der Waals surface area contributed by atoms with Crippen molar-refractivity contribution in [1.29, 1.82) is 0 Å². The highest BCUT2D eigenvalue weighted by molar-refractivity contribution is 6.20. The molecule has 4 aromatic rings. The van der Waals surface area contributed by atoms with Gasteiger partial charge in [-0.25, -0.2) is 0 Å². The maximum absolute atomic E-state index is 13.1. The average Bonchev–Trinajstić information content (AvgIpc) is 3.02. The minimum atomic E-state index is -0.636. The van der Waals surface area contributed by atoms with Gasteiger partial charge in [0.15, 0.2) is 10.9 Å². The SMILES string of the molecule is COCCOCCCn1c(=O)c2c(N)c3c(=O)c4ccccc4c(=O)c3c(N)c2c1=O. The van der Waals surface area contributed by atoms with E-state index >= 15 is 0 Å². The number of nitrogens with two attached hydrogens (primary N) is 2. The summed E-state index contributed by atoms with van der Waals surface area (Å²) in [6.45, 7) is 1.25. The van der Waals surface area contributed by atoms with Gasteiger partial charge in [-0.1, -0.05) is 24.3 Å². The van der Waals surface area contributed by atoms with Crippen LogP contribution in [0.3, 0.4) is 0 Å². The number of benzene rings is 3. The van der Waals surface area contributed by atoms with Gasteiger partial charge in [-0.05, 0) is 6.42 Å². The molecular weight excluding hydrogens is 402 g/mol. The van der Waals surface area contributed by atoms with Crippen molar-refractivity contribution in [3.63, 3.8) is 0 Å². The molecule has 0 aliphatic carbocycles. The molecule has 160 valence electrons. The van der Waals surface area contributed by atoms with Crippen LogP contribution in [0, 0.1) is 0 Å². The molecule has 0 unspecified atom stereocenters. The van der Waals surface area contributed by atoms with Crippen molar-refractivity contribution in [2.24, 2.45) is 0 Å². The lowest BCUT2D eigenvalue weighted by Gasteiger charge is -2.07. The van der Waals surface area contributed by atoms with Crippen molar-refractivity contribution in [2.75, 3.05) is 38.4 Å². The monoisotopic (exact) mass is 423 g/mol. The molecule has 9 nitrogen and oxygen atoms in total. The van der Waals surface area contributed by atoms with E-state index < -0.39 is 22.0 Å². The predicted octanol–water partition coefficient (Wildman–Crippen LogP) is 0.482. The smallest absolute Gasteiger partial charge is 0.263 e. The zero-order valence-corrected chi connectivity index (χ0v) is 16.9. The van der Waals surface area contributed by atoms with Crippen molar-refractivity contribution in [1.82, 2.24) is 4.57 Å². The molecule has 0 spiro atoms. The van der Waals surface area contributed by atoms with Crippen LogP contribution in [0.15, 0.2) is 43.4 Å². The number of ether oxygens (including phenoxy) is 2. The summed E-state index contributed by atoms with van der Waals surface area (Å²) in [5.74, 6) is 0. The van der Waals surface area contributed by atoms with Crippen molar-refractivity contribution in [3.05, 3.63) is 65.4 Å². The Bertz CT molecular complexity index is 1420. The average molecular weight is 423 g/mol. The van der Waals surface area contributed by atoms with Crippen molar-refractivity contribution >= 4 is 43.7 Å². The Morgan fingerprint density at radius 3 is 1.77 bits per heavy atom. The molecule has 4 N–H and O–H groups in total. The standard InChI is InChI=1S/C22H21N3O6/c1-30-9-10-31-8-4-7-25-21(28)15-16(22(25)29)18(24)14-13(17(15)23)19(26)11-5-2-3-6-12(11)20(14)27/h2-3,5-6H,4,7-10,23-24H2,1H3. The number of rotatable bonds is 7. The lowest BCUT2D eigenvalue weighted by molar-refractivity contribution is 0.0679. The molecule has 0 saturated heterocycles. The molecule has 1 aromatic heterocycles. The largest absolute Gasteiger partial charge is 0.397 e. The van der Waals surface area contributed by atoms with E-state index in [0.29, 0.717) is 26.2 Å². The molecule has 4 rings (SSSR count).